The van der Waals surface area contributed by atoms with Crippen LogP contribution in [-0.2, 0) is 20.5 Å². The third-order valence-electron chi connectivity index (χ3n) is 2.76. The van der Waals surface area contributed by atoms with Crippen molar-refractivity contribution in [2.75, 3.05) is 6.61 Å². The van der Waals surface area contributed by atoms with Gasteiger partial charge >= 0.3 is 12.1 Å². The van der Waals surface area contributed by atoms with Crippen LogP contribution in [0.3, 0.4) is 0 Å². The van der Waals surface area contributed by atoms with Gasteiger partial charge in [0.1, 0.15) is 11.9 Å². The Balaban J connectivity index is 2.93. The summed E-state index contributed by atoms with van der Waals surface area (Å²) in [6.07, 6.45) is -4.98. The van der Waals surface area contributed by atoms with Crippen LogP contribution in [0.5, 0.6) is 0 Å². The quantitative estimate of drug-likeness (QED) is 0.519. The SMILES string of the molecule is CCOC(=O)[C@H](CC#Cc1ccc(F)c(C(F)(F)F)c1)NC(C)=O. The van der Waals surface area contributed by atoms with Crippen LogP contribution in [-0.4, -0.2) is 24.5 Å². The summed E-state index contributed by atoms with van der Waals surface area (Å²) in [5.74, 6) is 2.33. The summed E-state index contributed by atoms with van der Waals surface area (Å²) in [6, 6.07) is 1.32. The van der Waals surface area contributed by atoms with Gasteiger partial charge in [0, 0.05) is 18.9 Å². The monoisotopic (exact) mass is 345 g/mol. The largest absolute Gasteiger partial charge is 0.464 e. The third-order valence-corrected chi connectivity index (χ3v) is 2.76. The van der Waals surface area contributed by atoms with E-state index in [-0.39, 0.29) is 18.6 Å². The standard InChI is InChI=1S/C16H15F4NO3/c1-3-24-15(23)14(21-10(2)22)6-4-5-11-7-8-13(17)12(9-11)16(18,19)20/h7-9,14H,3,6H2,1-2H3,(H,21,22)/t14-/m0/s1. The van der Waals surface area contributed by atoms with E-state index in [1.165, 1.54) is 6.92 Å². The molecular weight excluding hydrogens is 330 g/mol. The fourth-order valence-electron chi connectivity index (χ4n) is 1.76. The van der Waals surface area contributed by atoms with Crippen LogP contribution >= 0.6 is 0 Å². The van der Waals surface area contributed by atoms with Gasteiger partial charge in [0.25, 0.3) is 0 Å². The minimum absolute atomic E-state index is 0.0610. The number of carbonyl (C=O) groups is 2. The number of rotatable bonds is 4. The molecule has 0 saturated heterocycles. The van der Waals surface area contributed by atoms with Crippen LogP contribution in [0.2, 0.25) is 0 Å². The lowest BCUT2D eigenvalue weighted by atomic mass is 10.1. The minimum atomic E-state index is -4.83. The molecule has 8 heteroatoms. The van der Waals surface area contributed by atoms with Crippen LogP contribution < -0.4 is 5.32 Å². The molecule has 0 radical (unpaired) electrons. The number of carbonyl (C=O) groups excluding carboxylic acids is 2. The lowest BCUT2D eigenvalue weighted by molar-refractivity contribution is -0.147. The van der Waals surface area contributed by atoms with Crippen molar-refractivity contribution in [3.63, 3.8) is 0 Å². The number of ether oxygens (including phenoxy) is 1. The maximum atomic E-state index is 13.2. The van der Waals surface area contributed by atoms with Crippen molar-refractivity contribution < 1.29 is 31.9 Å². The number of alkyl halides is 3. The molecule has 1 rings (SSSR count). The van der Waals surface area contributed by atoms with E-state index in [9.17, 15) is 27.2 Å². The van der Waals surface area contributed by atoms with Crippen molar-refractivity contribution in [1.29, 1.82) is 0 Å². The van der Waals surface area contributed by atoms with Crippen LogP contribution in [0, 0.1) is 17.7 Å². The van der Waals surface area contributed by atoms with Crippen LogP contribution in [0.1, 0.15) is 31.4 Å². The van der Waals surface area contributed by atoms with Gasteiger partial charge in [-0.1, -0.05) is 11.8 Å². The molecule has 1 N–H and O–H groups in total. The first-order valence-corrected chi connectivity index (χ1v) is 6.94. The molecule has 0 aliphatic rings. The summed E-state index contributed by atoms with van der Waals surface area (Å²) in [5.41, 5.74) is -1.48. The van der Waals surface area contributed by atoms with E-state index in [4.69, 9.17) is 4.74 Å². The molecule has 0 aliphatic carbocycles. The number of esters is 1. The van der Waals surface area contributed by atoms with E-state index >= 15 is 0 Å². The molecular formula is C16H15F4NO3. The van der Waals surface area contributed by atoms with Crippen molar-refractivity contribution in [3.05, 3.63) is 35.1 Å². The molecule has 0 fully saturated rings. The second kappa shape index (κ2) is 8.34. The molecule has 0 aliphatic heterocycles. The predicted octanol–water partition coefficient (Wildman–Crippen LogP) is 2.65. The highest BCUT2D eigenvalue weighted by Gasteiger charge is 2.34. The maximum Gasteiger partial charge on any atom is 0.419 e. The number of hydrogen-bond donors (Lipinski definition) is 1. The lowest BCUT2D eigenvalue weighted by Crippen LogP contribution is -2.40. The van der Waals surface area contributed by atoms with Gasteiger partial charge in [-0.3, -0.25) is 4.79 Å². The fourth-order valence-corrected chi connectivity index (χ4v) is 1.76. The van der Waals surface area contributed by atoms with Gasteiger partial charge in [-0.05, 0) is 25.1 Å². The molecule has 1 aromatic rings. The second-order valence-electron chi connectivity index (χ2n) is 4.70. The summed E-state index contributed by atoms with van der Waals surface area (Å²) in [6.45, 7) is 2.90. The van der Waals surface area contributed by atoms with Crippen molar-refractivity contribution in [2.24, 2.45) is 0 Å². The summed E-state index contributed by atoms with van der Waals surface area (Å²) in [5, 5.41) is 2.34. The first-order valence-electron chi connectivity index (χ1n) is 6.94. The Labute approximate surface area is 136 Å². The van der Waals surface area contributed by atoms with E-state index in [1.807, 2.05) is 0 Å². The zero-order valence-electron chi connectivity index (χ0n) is 13.0. The normalized spacial score (nSPS) is 11.9. The maximum absolute atomic E-state index is 13.2. The Hall–Kier alpha value is -2.56. The van der Waals surface area contributed by atoms with Gasteiger partial charge in [-0.2, -0.15) is 13.2 Å². The van der Waals surface area contributed by atoms with E-state index in [0.717, 1.165) is 6.07 Å². The van der Waals surface area contributed by atoms with E-state index in [2.05, 4.69) is 17.2 Å². The number of halogens is 4. The Kier molecular flexibility index (Phi) is 6.77. The molecule has 0 bridgehead atoms. The molecule has 1 atom stereocenters. The van der Waals surface area contributed by atoms with Gasteiger partial charge < -0.3 is 10.1 Å². The van der Waals surface area contributed by atoms with Gasteiger partial charge in [-0.25, -0.2) is 9.18 Å². The highest BCUT2D eigenvalue weighted by atomic mass is 19.4. The average molecular weight is 345 g/mol. The van der Waals surface area contributed by atoms with Gasteiger partial charge in [0.15, 0.2) is 0 Å². The molecule has 0 saturated carbocycles. The smallest absolute Gasteiger partial charge is 0.419 e. The molecule has 1 aromatic carbocycles. The Morgan fingerprint density at radius 3 is 2.54 bits per heavy atom. The first kappa shape index (κ1) is 19.5. The van der Waals surface area contributed by atoms with Gasteiger partial charge in [-0.15, -0.1) is 0 Å². The lowest BCUT2D eigenvalue weighted by Gasteiger charge is -2.13. The zero-order chi connectivity index (χ0) is 18.3. The molecule has 1 amide bonds. The summed E-state index contributed by atoms with van der Waals surface area (Å²) in [7, 11) is 0. The highest BCUT2D eigenvalue weighted by molar-refractivity contribution is 5.83. The molecule has 130 valence electrons. The van der Waals surface area contributed by atoms with E-state index < -0.39 is 35.5 Å². The Morgan fingerprint density at radius 1 is 1.33 bits per heavy atom. The van der Waals surface area contributed by atoms with E-state index in [1.54, 1.807) is 6.92 Å². The fraction of sp³-hybridized carbons (Fsp3) is 0.375. The summed E-state index contributed by atoms with van der Waals surface area (Å²) < 4.78 is 55.8. The average Bonchev–Trinajstić information content (AvgIpc) is 2.46. The molecule has 4 nitrogen and oxygen atoms in total. The number of nitrogens with one attached hydrogen (secondary N) is 1. The van der Waals surface area contributed by atoms with Crippen LogP contribution in [0.25, 0.3) is 0 Å². The summed E-state index contributed by atoms with van der Waals surface area (Å²) >= 11 is 0. The molecule has 0 unspecified atom stereocenters. The van der Waals surface area contributed by atoms with Crippen molar-refractivity contribution in [2.45, 2.75) is 32.5 Å². The van der Waals surface area contributed by atoms with E-state index in [0.29, 0.717) is 12.1 Å². The van der Waals surface area contributed by atoms with Gasteiger partial charge in [0.05, 0.1) is 12.2 Å². The molecule has 0 heterocycles. The molecule has 0 aromatic heterocycles. The Bertz CT molecular complexity index is 674. The Morgan fingerprint density at radius 2 is 2.00 bits per heavy atom. The second-order valence-corrected chi connectivity index (χ2v) is 4.70. The van der Waals surface area contributed by atoms with Crippen LogP contribution in [0.4, 0.5) is 17.6 Å². The van der Waals surface area contributed by atoms with Crippen molar-refractivity contribution in [3.8, 4) is 11.8 Å². The number of benzene rings is 1. The minimum Gasteiger partial charge on any atom is -0.464 e. The van der Waals surface area contributed by atoms with Crippen LogP contribution in [0.15, 0.2) is 18.2 Å². The van der Waals surface area contributed by atoms with Crippen molar-refractivity contribution >= 4 is 11.9 Å². The predicted molar refractivity (Wildman–Crippen MR) is 77.1 cm³/mol. The zero-order valence-corrected chi connectivity index (χ0v) is 13.0. The van der Waals surface area contributed by atoms with Crippen molar-refractivity contribution in [1.82, 2.24) is 5.32 Å². The first-order chi connectivity index (χ1) is 11.1. The molecule has 0 spiro atoms. The molecule has 24 heavy (non-hydrogen) atoms. The highest BCUT2D eigenvalue weighted by Crippen LogP contribution is 2.31. The topological polar surface area (TPSA) is 55.4 Å². The number of hydrogen-bond acceptors (Lipinski definition) is 3. The summed E-state index contributed by atoms with van der Waals surface area (Å²) in [4.78, 5) is 22.7. The number of amides is 1. The van der Waals surface area contributed by atoms with Gasteiger partial charge in [0.2, 0.25) is 5.91 Å². The third kappa shape index (κ3) is 5.91.